The van der Waals surface area contributed by atoms with Crippen molar-refractivity contribution < 1.29 is 4.79 Å². The number of amides is 1. The number of aromatic amines is 1. The lowest BCUT2D eigenvalue weighted by Gasteiger charge is -2.11. The van der Waals surface area contributed by atoms with E-state index in [0.29, 0.717) is 12.8 Å². The topological polar surface area (TPSA) is 83.3 Å². The van der Waals surface area contributed by atoms with Gasteiger partial charge in [0.1, 0.15) is 0 Å². The highest BCUT2D eigenvalue weighted by molar-refractivity contribution is 6.06. The molecule has 0 spiro atoms. The van der Waals surface area contributed by atoms with Gasteiger partial charge in [-0.3, -0.25) is 4.79 Å². The number of nitrogen functional groups attached to an aromatic ring is 1. The molecule has 0 bridgehead atoms. The number of hydrogen-bond donors (Lipinski definition) is 3. The van der Waals surface area contributed by atoms with Crippen LogP contribution < -0.4 is 11.2 Å². The summed E-state index contributed by atoms with van der Waals surface area (Å²) in [5.41, 5.74) is 14.2. The molecule has 0 atom stereocenters. The molecule has 0 aliphatic carbocycles. The van der Waals surface area contributed by atoms with Crippen molar-refractivity contribution in [3.63, 3.8) is 0 Å². The van der Waals surface area contributed by atoms with Gasteiger partial charge >= 0.3 is 0 Å². The number of rotatable bonds is 2. The van der Waals surface area contributed by atoms with E-state index in [4.69, 9.17) is 5.73 Å². The smallest absolute Gasteiger partial charge is 0.240 e. The van der Waals surface area contributed by atoms with Crippen molar-refractivity contribution in [3.8, 4) is 11.3 Å². The summed E-state index contributed by atoms with van der Waals surface area (Å²) in [5.74, 6) is -0.0258. The van der Waals surface area contributed by atoms with Crippen molar-refractivity contribution in [1.29, 1.82) is 0 Å². The van der Waals surface area contributed by atoms with Crippen LogP contribution in [0.4, 0.5) is 5.69 Å². The molecule has 0 saturated heterocycles. The Balaban J connectivity index is 1.72. The summed E-state index contributed by atoms with van der Waals surface area (Å²) in [6, 6.07) is 16.1. The van der Waals surface area contributed by atoms with Crippen LogP contribution in [0.25, 0.3) is 22.2 Å². The van der Waals surface area contributed by atoms with E-state index in [0.717, 1.165) is 39.1 Å². The highest BCUT2D eigenvalue weighted by Crippen LogP contribution is 2.26. The van der Waals surface area contributed by atoms with Gasteiger partial charge < -0.3 is 10.7 Å². The number of fused-ring (bicyclic) bond motifs is 1. The van der Waals surface area contributed by atoms with Crippen molar-refractivity contribution in [2.75, 3.05) is 5.73 Å². The van der Waals surface area contributed by atoms with E-state index in [9.17, 15) is 4.79 Å². The number of carbonyl (C=O) groups excluding carboxylic acids is 1. The molecular formula is C18H16N4O. The number of hydrogen-bond acceptors (Lipinski definition) is 3. The van der Waals surface area contributed by atoms with Crippen molar-refractivity contribution in [2.45, 2.75) is 12.8 Å². The minimum Gasteiger partial charge on any atom is -0.399 e. The Kier molecular flexibility index (Phi) is 3.12. The summed E-state index contributed by atoms with van der Waals surface area (Å²) in [5, 5.41) is 5.27. The molecule has 1 amide bonds. The summed E-state index contributed by atoms with van der Waals surface area (Å²) >= 11 is 0. The average Bonchev–Trinajstić information content (AvgIpc) is 2.99. The number of benzene rings is 2. The molecule has 5 nitrogen and oxygen atoms in total. The van der Waals surface area contributed by atoms with Crippen LogP contribution in [0.3, 0.4) is 0 Å². The molecule has 0 fully saturated rings. The number of aromatic nitrogens is 1. The van der Waals surface area contributed by atoms with Gasteiger partial charge in [-0.2, -0.15) is 5.10 Å². The summed E-state index contributed by atoms with van der Waals surface area (Å²) in [7, 11) is 0. The van der Waals surface area contributed by atoms with E-state index in [1.54, 1.807) is 0 Å². The van der Waals surface area contributed by atoms with Crippen molar-refractivity contribution in [2.24, 2.45) is 5.10 Å². The highest BCUT2D eigenvalue weighted by atomic mass is 16.2. The number of H-pyrrole nitrogens is 1. The van der Waals surface area contributed by atoms with E-state index in [1.165, 1.54) is 0 Å². The Labute approximate surface area is 133 Å². The lowest BCUT2D eigenvalue weighted by Crippen LogP contribution is -2.25. The summed E-state index contributed by atoms with van der Waals surface area (Å²) in [6.45, 7) is 0. The summed E-state index contributed by atoms with van der Waals surface area (Å²) in [6.07, 6.45) is 1.16. The second-order valence-corrected chi connectivity index (χ2v) is 5.70. The summed E-state index contributed by atoms with van der Waals surface area (Å²) < 4.78 is 0. The van der Waals surface area contributed by atoms with E-state index in [-0.39, 0.29) is 5.91 Å². The van der Waals surface area contributed by atoms with Crippen molar-refractivity contribution in [3.05, 3.63) is 54.1 Å². The zero-order valence-corrected chi connectivity index (χ0v) is 12.5. The Bertz CT molecular complexity index is 922. The number of anilines is 1. The van der Waals surface area contributed by atoms with Crippen LogP contribution in [-0.2, 0) is 4.79 Å². The first-order valence-corrected chi connectivity index (χ1v) is 7.53. The molecule has 5 heteroatoms. The van der Waals surface area contributed by atoms with Crippen molar-refractivity contribution in [1.82, 2.24) is 10.4 Å². The SMILES string of the molecule is Nc1ccc(-c2cc3cc(C4=NNC(=O)CC4)ccc3[nH]2)cc1. The molecular weight excluding hydrogens is 288 g/mol. The van der Waals surface area contributed by atoms with Gasteiger partial charge in [-0.05, 0) is 41.5 Å². The monoisotopic (exact) mass is 304 g/mol. The molecule has 23 heavy (non-hydrogen) atoms. The van der Waals surface area contributed by atoms with Gasteiger partial charge in [0.25, 0.3) is 0 Å². The molecule has 114 valence electrons. The molecule has 0 radical (unpaired) electrons. The largest absolute Gasteiger partial charge is 0.399 e. The van der Waals surface area contributed by atoms with Crippen LogP contribution in [0, 0.1) is 0 Å². The fourth-order valence-corrected chi connectivity index (χ4v) is 2.81. The van der Waals surface area contributed by atoms with Crippen LogP contribution >= 0.6 is 0 Å². The molecule has 0 saturated carbocycles. The maximum atomic E-state index is 11.2. The lowest BCUT2D eigenvalue weighted by molar-refractivity contribution is -0.121. The number of nitrogens with zero attached hydrogens (tertiary/aromatic N) is 1. The van der Waals surface area contributed by atoms with Gasteiger partial charge in [0, 0.05) is 35.1 Å². The minimum atomic E-state index is -0.0258. The molecule has 1 aliphatic rings. The molecule has 3 aromatic rings. The van der Waals surface area contributed by atoms with Gasteiger partial charge in [0.05, 0.1) is 5.71 Å². The van der Waals surface area contributed by atoms with Crippen LogP contribution in [0.1, 0.15) is 18.4 Å². The third-order valence-electron chi connectivity index (χ3n) is 4.08. The first-order chi connectivity index (χ1) is 11.2. The van der Waals surface area contributed by atoms with Gasteiger partial charge in [0.2, 0.25) is 5.91 Å². The highest BCUT2D eigenvalue weighted by Gasteiger charge is 2.14. The summed E-state index contributed by atoms with van der Waals surface area (Å²) in [4.78, 5) is 14.6. The molecule has 4 rings (SSSR count). The van der Waals surface area contributed by atoms with Gasteiger partial charge in [0.15, 0.2) is 0 Å². The predicted molar refractivity (Wildman–Crippen MR) is 92.1 cm³/mol. The van der Waals surface area contributed by atoms with Crippen LogP contribution in [0.5, 0.6) is 0 Å². The Morgan fingerprint density at radius 2 is 1.74 bits per heavy atom. The standard InChI is InChI=1S/C18H16N4O/c19-14-4-1-11(2-5-14)17-10-13-9-12(3-6-15(13)20-17)16-7-8-18(23)22-21-16/h1-6,9-10,20H,7-8,19H2,(H,22,23). The van der Waals surface area contributed by atoms with Crippen LogP contribution in [-0.4, -0.2) is 16.6 Å². The van der Waals surface area contributed by atoms with Gasteiger partial charge in [-0.1, -0.05) is 18.2 Å². The molecule has 1 aliphatic heterocycles. The molecule has 2 heterocycles. The van der Waals surface area contributed by atoms with Crippen LogP contribution in [0.2, 0.25) is 0 Å². The number of carbonyl (C=O) groups is 1. The number of hydrazone groups is 1. The maximum Gasteiger partial charge on any atom is 0.240 e. The first kappa shape index (κ1) is 13.6. The Hall–Kier alpha value is -3.08. The van der Waals surface area contributed by atoms with E-state index >= 15 is 0 Å². The molecule has 1 aromatic heterocycles. The second kappa shape index (κ2) is 5.28. The Morgan fingerprint density at radius 1 is 0.957 bits per heavy atom. The number of nitrogens with one attached hydrogen (secondary N) is 2. The number of nitrogens with two attached hydrogens (primary N) is 1. The molecule has 2 aromatic carbocycles. The normalized spacial score (nSPS) is 14.6. The predicted octanol–water partition coefficient (Wildman–Crippen LogP) is 3.03. The lowest BCUT2D eigenvalue weighted by atomic mass is 10.0. The van der Waals surface area contributed by atoms with Crippen molar-refractivity contribution >= 4 is 28.2 Å². The third kappa shape index (κ3) is 2.57. The zero-order chi connectivity index (χ0) is 15.8. The third-order valence-corrected chi connectivity index (χ3v) is 4.08. The molecule has 4 N–H and O–H groups in total. The Morgan fingerprint density at radius 3 is 2.48 bits per heavy atom. The van der Waals surface area contributed by atoms with E-state index < -0.39 is 0 Å². The minimum absolute atomic E-state index is 0.0258. The van der Waals surface area contributed by atoms with Crippen LogP contribution in [0.15, 0.2) is 53.6 Å². The zero-order valence-electron chi connectivity index (χ0n) is 12.5. The average molecular weight is 304 g/mol. The van der Waals surface area contributed by atoms with E-state index in [1.807, 2.05) is 36.4 Å². The molecule has 0 unspecified atom stereocenters. The van der Waals surface area contributed by atoms with Gasteiger partial charge in [-0.15, -0.1) is 0 Å². The van der Waals surface area contributed by atoms with Gasteiger partial charge in [-0.25, -0.2) is 5.43 Å². The fraction of sp³-hybridized carbons (Fsp3) is 0.111. The first-order valence-electron chi connectivity index (χ1n) is 7.53. The second-order valence-electron chi connectivity index (χ2n) is 5.70. The fourth-order valence-electron chi connectivity index (χ4n) is 2.81. The van der Waals surface area contributed by atoms with E-state index in [2.05, 4.69) is 27.6 Å². The quantitative estimate of drug-likeness (QED) is 0.636. The maximum absolute atomic E-state index is 11.2.